The molecule has 114 valence electrons. The summed E-state index contributed by atoms with van der Waals surface area (Å²) < 4.78 is 0. The summed E-state index contributed by atoms with van der Waals surface area (Å²) in [4.78, 5) is 26.5. The van der Waals surface area contributed by atoms with E-state index in [1.54, 1.807) is 12.4 Å². The first-order valence-electron chi connectivity index (χ1n) is 7.52. The summed E-state index contributed by atoms with van der Waals surface area (Å²) in [6.07, 6.45) is 6.55. The number of rotatable bonds is 5. The van der Waals surface area contributed by atoms with E-state index < -0.39 is 0 Å². The Bertz CT molecular complexity index is 646. The first-order valence-corrected chi connectivity index (χ1v) is 7.52. The molecule has 2 aromatic rings. The van der Waals surface area contributed by atoms with Gasteiger partial charge in [-0.3, -0.25) is 9.78 Å². The van der Waals surface area contributed by atoms with E-state index >= 15 is 0 Å². The number of carbonyl (C=O) groups is 1. The average molecular weight is 297 g/mol. The number of nitrogens with two attached hydrogens (primary N) is 1. The van der Waals surface area contributed by atoms with Crippen molar-refractivity contribution in [1.29, 1.82) is 0 Å². The second kappa shape index (κ2) is 6.51. The molecule has 3 heterocycles. The molecule has 0 aromatic carbocycles. The fourth-order valence-electron chi connectivity index (χ4n) is 2.83. The Morgan fingerprint density at radius 1 is 1.27 bits per heavy atom. The van der Waals surface area contributed by atoms with E-state index in [2.05, 4.69) is 14.9 Å². The normalized spacial score (nSPS) is 17.6. The molecule has 1 fully saturated rings. The third-order valence-corrected chi connectivity index (χ3v) is 3.86. The van der Waals surface area contributed by atoms with Crippen LogP contribution in [0.25, 0.3) is 0 Å². The number of hydrogen-bond acceptors (Lipinski definition) is 5. The summed E-state index contributed by atoms with van der Waals surface area (Å²) >= 11 is 0. The molecule has 6 heteroatoms. The Morgan fingerprint density at radius 2 is 2.09 bits per heavy atom. The predicted molar refractivity (Wildman–Crippen MR) is 83.1 cm³/mol. The molecule has 0 saturated carbocycles. The van der Waals surface area contributed by atoms with Gasteiger partial charge >= 0.3 is 0 Å². The lowest BCUT2D eigenvalue weighted by molar-refractivity contribution is -0.118. The van der Waals surface area contributed by atoms with Gasteiger partial charge in [0.05, 0.1) is 11.7 Å². The minimum absolute atomic E-state index is 0.191. The Hall–Kier alpha value is -2.50. The van der Waals surface area contributed by atoms with Crippen LogP contribution >= 0.6 is 0 Å². The van der Waals surface area contributed by atoms with Gasteiger partial charge in [0.1, 0.15) is 0 Å². The van der Waals surface area contributed by atoms with Crippen LogP contribution < -0.4 is 10.6 Å². The topological polar surface area (TPSA) is 85.0 Å². The van der Waals surface area contributed by atoms with Crippen molar-refractivity contribution in [2.24, 2.45) is 5.73 Å². The second-order valence-electron chi connectivity index (χ2n) is 5.42. The van der Waals surface area contributed by atoms with Crippen molar-refractivity contribution in [3.05, 3.63) is 48.0 Å². The number of hydrogen-bond donors (Lipinski definition) is 1. The molecular formula is C16H19N5O. The summed E-state index contributed by atoms with van der Waals surface area (Å²) in [6.45, 7) is 0.932. The lowest BCUT2D eigenvalue weighted by atomic mass is 10.1. The van der Waals surface area contributed by atoms with Crippen LogP contribution in [0.4, 0.5) is 5.95 Å². The molecule has 1 amide bonds. The summed E-state index contributed by atoms with van der Waals surface area (Å²) in [7, 11) is 0. The van der Waals surface area contributed by atoms with Gasteiger partial charge in [-0.05, 0) is 37.5 Å². The van der Waals surface area contributed by atoms with Gasteiger partial charge in [-0.1, -0.05) is 6.07 Å². The molecule has 0 aliphatic carbocycles. The van der Waals surface area contributed by atoms with Crippen LogP contribution in [0.3, 0.4) is 0 Å². The maximum atomic E-state index is 10.9. The molecule has 0 radical (unpaired) electrons. The minimum Gasteiger partial charge on any atom is -0.370 e. The summed E-state index contributed by atoms with van der Waals surface area (Å²) in [5.41, 5.74) is 7.11. The van der Waals surface area contributed by atoms with E-state index in [1.165, 1.54) is 0 Å². The second-order valence-corrected chi connectivity index (χ2v) is 5.42. The maximum absolute atomic E-state index is 10.9. The van der Waals surface area contributed by atoms with Gasteiger partial charge in [0.15, 0.2) is 0 Å². The number of aromatic nitrogens is 3. The number of pyridine rings is 1. The molecule has 0 bridgehead atoms. The van der Waals surface area contributed by atoms with Crippen LogP contribution in [-0.2, 0) is 11.2 Å². The first kappa shape index (κ1) is 14.4. The van der Waals surface area contributed by atoms with Crippen LogP contribution in [-0.4, -0.2) is 27.4 Å². The Balaban J connectivity index is 1.80. The highest BCUT2D eigenvalue weighted by molar-refractivity contribution is 5.73. The van der Waals surface area contributed by atoms with Crippen LogP contribution in [0.5, 0.6) is 0 Å². The third-order valence-electron chi connectivity index (χ3n) is 3.86. The molecule has 1 aliphatic rings. The smallest absolute Gasteiger partial charge is 0.225 e. The molecule has 1 atom stereocenters. The lowest BCUT2D eigenvalue weighted by Gasteiger charge is -2.24. The number of anilines is 1. The third kappa shape index (κ3) is 3.21. The zero-order valence-electron chi connectivity index (χ0n) is 12.4. The number of aryl methyl sites for hydroxylation is 1. The monoisotopic (exact) mass is 297 g/mol. The van der Waals surface area contributed by atoms with E-state index in [-0.39, 0.29) is 11.9 Å². The lowest BCUT2D eigenvalue weighted by Crippen LogP contribution is -2.25. The van der Waals surface area contributed by atoms with Gasteiger partial charge in [0.25, 0.3) is 0 Å². The number of nitrogens with zero attached hydrogens (tertiary/aromatic N) is 4. The van der Waals surface area contributed by atoms with Crippen molar-refractivity contribution in [3.63, 3.8) is 0 Å². The molecule has 1 aliphatic heterocycles. The van der Waals surface area contributed by atoms with Crippen LogP contribution in [0.2, 0.25) is 0 Å². The number of primary amides is 1. The van der Waals surface area contributed by atoms with Crippen molar-refractivity contribution in [3.8, 4) is 0 Å². The highest BCUT2D eigenvalue weighted by Crippen LogP contribution is 2.33. The minimum atomic E-state index is -0.299. The molecule has 22 heavy (non-hydrogen) atoms. The maximum Gasteiger partial charge on any atom is 0.225 e. The molecule has 1 saturated heterocycles. The van der Waals surface area contributed by atoms with Crippen molar-refractivity contribution in [1.82, 2.24) is 15.0 Å². The fourth-order valence-corrected chi connectivity index (χ4v) is 2.83. The molecule has 2 aromatic heterocycles. The average Bonchev–Trinajstić information content (AvgIpc) is 3.04. The zero-order valence-corrected chi connectivity index (χ0v) is 12.4. The Morgan fingerprint density at radius 3 is 2.86 bits per heavy atom. The molecule has 6 nitrogen and oxygen atoms in total. The van der Waals surface area contributed by atoms with Crippen LogP contribution in [0, 0.1) is 0 Å². The van der Waals surface area contributed by atoms with E-state index in [9.17, 15) is 4.79 Å². The van der Waals surface area contributed by atoms with Crippen molar-refractivity contribution >= 4 is 11.9 Å². The standard InChI is InChI=1S/C16H19N5O/c17-15(22)8-7-12-4-1-5-13(20-12)14-6-2-11-21(14)16-18-9-3-10-19-16/h1,3-5,9-10,14H,2,6-8,11H2,(H2,17,22)/t14-/m1/s1. The van der Waals surface area contributed by atoms with Crippen LogP contribution in [0.15, 0.2) is 36.7 Å². The SMILES string of the molecule is NC(=O)CCc1cccc([C@H]2CCCN2c2ncccn2)n1. The van der Waals surface area contributed by atoms with Crippen molar-refractivity contribution in [2.45, 2.75) is 31.7 Å². The van der Waals surface area contributed by atoms with Gasteiger partial charge in [-0.2, -0.15) is 0 Å². The quantitative estimate of drug-likeness (QED) is 0.906. The molecule has 2 N–H and O–H groups in total. The van der Waals surface area contributed by atoms with Crippen molar-refractivity contribution in [2.75, 3.05) is 11.4 Å². The van der Waals surface area contributed by atoms with Gasteiger partial charge in [0.2, 0.25) is 11.9 Å². The van der Waals surface area contributed by atoms with Gasteiger partial charge < -0.3 is 10.6 Å². The number of carbonyl (C=O) groups excluding carboxylic acids is 1. The Labute approximate surface area is 129 Å². The highest BCUT2D eigenvalue weighted by atomic mass is 16.1. The largest absolute Gasteiger partial charge is 0.370 e. The molecular weight excluding hydrogens is 278 g/mol. The predicted octanol–water partition coefficient (Wildman–Crippen LogP) is 1.63. The van der Waals surface area contributed by atoms with Gasteiger partial charge in [-0.25, -0.2) is 9.97 Å². The zero-order chi connectivity index (χ0) is 15.4. The van der Waals surface area contributed by atoms with Gasteiger partial charge in [-0.15, -0.1) is 0 Å². The van der Waals surface area contributed by atoms with Gasteiger partial charge in [0, 0.05) is 31.1 Å². The fraction of sp³-hybridized carbons (Fsp3) is 0.375. The first-order chi connectivity index (χ1) is 10.7. The van der Waals surface area contributed by atoms with E-state index in [1.807, 2.05) is 24.3 Å². The highest BCUT2D eigenvalue weighted by Gasteiger charge is 2.28. The van der Waals surface area contributed by atoms with E-state index in [0.717, 1.165) is 36.7 Å². The number of amides is 1. The van der Waals surface area contributed by atoms with E-state index in [0.29, 0.717) is 12.8 Å². The summed E-state index contributed by atoms with van der Waals surface area (Å²) in [5.74, 6) is 0.446. The summed E-state index contributed by atoms with van der Waals surface area (Å²) in [6, 6.07) is 7.96. The van der Waals surface area contributed by atoms with Crippen LogP contribution in [0.1, 0.15) is 36.7 Å². The van der Waals surface area contributed by atoms with E-state index in [4.69, 9.17) is 10.7 Å². The molecule has 3 rings (SSSR count). The Kier molecular flexibility index (Phi) is 4.27. The summed E-state index contributed by atoms with van der Waals surface area (Å²) in [5, 5.41) is 0. The molecule has 0 unspecified atom stereocenters. The molecule has 0 spiro atoms. The van der Waals surface area contributed by atoms with Crippen molar-refractivity contribution < 1.29 is 4.79 Å².